The molecule has 13 heavy (non-hydrogen) atoms. The van der Waals surface area contributed by atoms with E-state index in [1.165, 1.54) is 7.11 Å². The molecule has 0 saturated carbocycles. The van der Waals surface area contributed by atoms with Gasteiger partial charge in [0.1, 0.15) is 6.10 Å². The van der Waals surface area contributed by atoms with E-state index in [9.17, 15) is 9.59 Å². The van der Waals surface area contributed by atoms with Crippen LogP contribution in [-0.4, -0.2) is 36.2 Å². The molecule has 0 aliphatic rings. The molecule has 1 atom stereocenters. The molecule has 0 fully saturated rings. The molecule has 5 nitrogen and oxygen atoms in total. The third kappa shape index (κ3) is 5.19. The molecule has 0 radical (unpaired) electrons. The summed E-state index contributed by atoms with van der Waals surface area (Å²) in [6, 6.07) is -0.0149. The van der Waals surface area contributed by atoms with Crippen molar-refractivity contribution in [2.24, 2.45) is 0 Å². The summed E-state index contributed by atoms with van der Waals surface area (Å²) in [4.78, 5) is 21.5. The van der Waals surface area contributed by atoms with Gasteiger partial charge in [-0.15, -0.1) is 0 Å². The van der Waals surface area contributed by atoms with Crippen molar-refractivity contribution in [3.63, 3.8) is 0 Å². The van der Waals surface area contributed by atoms with Gasteiger partial charge < -0.3 is 15.2 Å². The van der Waals surface area contributed by atoms with E-state index in [1.54, 1.807) is 13.8 Å². The number of rotatable bonds is 5. The second-order valence-corrected chi connectivity index (χ2v) is 2.99. The highest BCUT2D eigenvalue weighted by molar-refractivity contribution is 5.85. The molecular formula is C8H15NO4. The lowest BCUT2D eigenvalue weighted by atomic mass is 10.2. The summed E-state index contributed by atoms with van der Waals surface area (Å²) in [5.74, 6) is -1.44. The number of hydrogen-bond acceptors (Lipinski definition) is 3. The largest absolute Gasteiger partial charge is 0.481 e. The number of carbonyl (C=O) groups excluding carboxylic acids is 1. The Morgan fingerprint density at radius 3 is 2.31 bits per heavy atom. The SMILES string of the molecule is COC(CC(=O)O)C(=O)NC(C)C. The number of methoxy groups -OCH3 is 1. The first-order chi connectivity index (χ1) is 5.97. The zero-order chi connectivity index (χ0) is 10.4. The normalized spacial score (nSPS) is 12.6. The predicted molar refractivity (Wildman–Crippen MR) is 46.3 cm³/mol. The highest BCUT2D eigenvalue weighted by Crippen LogP contribution is 1.97. The van der Waals surface area contributed by atoms with Crippen molar-refractivity contribution in [1.29, 1.82) is 0 Å². The van der Waals surface area contributed by atoms with Crippen LogP contribution in [0.15, 0.2) is 0 Å². The minimum absolute atomic E-state index is 0.0149. The number of amides is 1. The van der Waals surface area contributed by atoms with Crippen LogP contribution in [0.25, 0.3) is 0 Å². The minimum atomic E-state index is -1.05. The van der Waals surface area contributed by atoms with Gasteiger partial charge in [0.15, 0.2) is 0 Å². The van der Waals surface area contributed by atoms with E-state index in [-0.39, 0.29) is 18.4 Å². The Kier molecular flexibility index (Phi) is 5.06. The average molecular weight is 189 g/mol. The molecule has 2 N–H and O–H groups in total. The second kappa shape index (κ2) is 5.53. The van der Waals surface area contributed by atoms with Crippen molar-refractivity contribution in [3.05, 3.63) is 0 Å². The Morgan fingerprint density at radius 2 is 2.00 bits per heavy atom. The zero-order valence-electron chi connectivity index (χ0n) is 8.03. The smallest absolute Gasteiger partial charge is 0.306 e. The topological polar surface area (TPSA) is 75.6 Å². The summed E-state index contributed by atoms with van der Waals surface area (Å²) < 4.78 is 4.73. The van der Waals surface area contributed by atoms with Crippen LogP contribution in [0.3, 0.4) is 0 Å². The highest BCUT2D eigenvalue weighted by atomic mass is 16.5. The van der Waals surface area contributed by atoms with Gasteiger partial charge in [-0.2, -0.15) is 0 Å². The molecule has 76 valence electrons. The number of carboxylic acids is 1. The molecule has 0 saturated heterocycles. The first-order valence-corrected chi connectivity index (χ1v) is 4.02. The van der Waals surface area contributed by atoms with Crippen molar-refractivity contribution >= 4 is 11.9 Å². The first-order valence-electron chi connectivity index (χ1n) is 4.02. The molecule has 0 aromatic rings. The lowest BCUT2D eigenvalue weighted by Crippen LogP contribution is -2.40. The third-order valence-corrected chi connectivity index (χ3v) is 1.37. The van der Waals surface area contributed by atoms with Gasteiger partial charge in [0.05, 0.1) is 6.42 Å². The molecule has 0 aromatic heterocycles. The molecule has 1 amide bonds. The standard InChI is InChI=1S/C8H15NO4/c1-5(2)9-8(12)6(13-3)4-7(10)11/h5-6H,4H2,1-3H3,(H,9,12)(H,10,11). The van der Waals surface area contributed by atoms with Crippen LogP contribution in [0, 0.1) is 0 Å². The van der Waals surface area contributed by atoms with Crippen molar-refractivity contribution in [2.75, 3.05) is 7.11 Å². The lowest BCUT2D eigenvalue weighted by Gasteiger charge is -2.15. The van der Waals surface area contributed by atoms with Crippen LogP contribution in [0.2, 0.25) is 0 Å². The van der Waals surface area contributed by atoms with E-state index < -0.39 is 12.1 Å². The summed E-state index contributed by atoms with van der Waals surface area (Å²) in [7, 11) is 1.31. The molecule has 0 aromatic carbocycles. The fourth-order valence-corrected chi connectivity index (χ4v) is 0.819. The number of hydrogen-bond donors (Lipinski definition) is 2. The molecule has 0 rings (SSSR count). The van der Waals surface area contributed by atoms with Crippen molar-refractivity contribution < 1.29 is 19.4 Å². The highest BCUT2D eigenvalue weighted by Gasteiger charge is 2.21. The van der Waals surface area contributed by atoms with Crippen molar-refractivity contribution in [1.82, 2.24) is 5.32 Å². The molecule has 0 heterocycles. The van der Waals surface area contributed by atoms with Crippen molar-refractivity contribution in [3.8, 4) is 0 Å². The number of ether oxygens (including phenoxy) is 1. The summed E-state index contributed by atoms with van der Waals surface area (Å²) in [6.07, 6.45) is -1.21. The maximum absolute atomic E-state index is 11.2. The van der Waals surface area contributed by atoms with Crippen LogP contribution in [0.4, 0.5) is 0 Å². The number of carbonyl (C=O) groups is 2. The minimum Gasteiger partial charge on any atom is -0.481 e. The van der Waals surface area contributed by atoms with Crippen LogP contribution in [-0.2, 0) is 14.3 Å². The molecule has 0 aliphatic heterocycles. The van der Waals surface area contributed by atoms with Crippen LogP contribution < -0.4 is 5.32 Å². The molecule has 1 unspecified atom stereocenters. The van der Waals surface area contributed by atoms with E-state index in [0.29, 0.717) is 0 Å². The summed E-state index contributed by atoms with van der Waals surface area (Å²) in [5.41, 5.74) is 0. The summed E-state index contributed by atoms with van der Waals surface area (Å²) >= 11 is 0. The first kappa shape index (κ1) is 11.9. The van der Waals surface area contributed by atoms with Crippen LogP contribution in [0.1, 0.15) is 20.3 Å². The Morgan fingerprint density at radius 1 is 1.46 bits per heavy atom. The molecule has 0 aliphatic carbocycles. The molecule has 0 spiro atoms. The Balaban J connectivity index is 4.07. The average Bonchev–Trinajstić information content (AvgIpc) is 1.98. The van der Waals surface area contributed by atoms with Gasteiger partial charge in [-0.05, 0) is 13.8 Å². The van der Waals surface area contributed by atoms with E-state index in [1.807, 2.05) is 0 Å². The Bertz CT molecular complexity index is 191. The van der Waals surface area contributed by atoms with E-state index >= 15 is 0 Å². The molecular weight excluding hydrogens is 174 g/mol. The molecule has 5 heteroatoms. The van der Waals surface area contributed by atoms with Gasteiger partial charge in [-0.25, -0.2) is 0 Å². The summed E-state index contributed by atoms with van der Waals surface area (Å²) in [6.45, 7) is 3.59. The maximum Gasteiger partial charge on any atom is 0.306 e. The molecule has 0 bridgehead atoms. The quantitative estimate of drug-likeness (QED) is 0.638. The predicted octanol–water partition coefficient (Wildman–Crippen LogP) is 0.000700. The Hall–Kier alpha value is -1.10. The zero-order valence-corrected chi connectivity index (χ0v) is 8.03. The van der Waals surface area contributed by atoms with Gasteiger partial charge in [-0.3, -0.25) is 9.59 Å². The Labute approximate surface area is 77.1 Å². The van der Waals surface area contributed by atoms with Crippen molar-refractivity contribution in [2.45, 2.75) is 32.4 Å². The van der Waals surface area contributed by atoms with Gasteiger partial charge >= 0.3 is 5.97 Å². The van der Waals surface area contributed by atoms with Crippen LogP contribution in [0.5, 0.6) is 0 Å². The van der Waals surface area contributed by atoms with E-state index in [2.05, 4.69) is 5.32 Å². The fraction of sp³-hybridized carbons (Fsp3) is 0.750. The van der Waals surface area contributed by atoms with Gasteiger partial charge in [0.25, 0.3) is 0 Å². The number of aliphatic carboxylic acids is 1. The van der Waals surface area contributed by atoms with Crippen LogP contribution >= 0.6 is 0 Å². The van der Waals surface area contributed by atoms with Gasteiger partial charge in [0.2, 0.25) is 5.91 Å². The second-order valence-electron chi connectivity index (χ2n) is 2.99. The summed E-state index contributed by atoms with van der Waals surface area (Å²) in [5, 5.41) is 11.0. The van der Waals surface area contributed by atoms with E-state index in [0.717, 1.165) is 0 Å². The number of nitrogens with one attached hydrogen (secondary N) is 1. The third-order valence-electron chi connectivity index (χ3n) is 1.37. The van der Waals surface area contributed by atoms with E-state index in [4.69, 9.17) is 9.84 Å². The maximum atomic E-state index is 11.2. The monoisotopic (exact) mass is 189 g/mol. The fourth-order valence-electron chi connectivity index (χ4n) is 0.819. The van der Waals surface area contributed by atoms with Gasteiger partial charge in [0, 0.05) is 13.2 Å². The van der Waals surface area contributed by atoms with Gasteiger partial charge in [-0.1, -0.05) is 0 Å². The lowest BCUT2D eigenvalue weighted by molar-refractivity contribution is -0.145. The number of carboxylic acid groups (broad SMARTS) is 1.